The molecule has 0 saturated carbocycles. The van der Waals surface area contributed by atoms with E-state index in [1.165, 1.54) is 36.1 Å². The number of nitrogens with two attached hydrogens (primary N) is 1. The van der Waals surface area contributed by atoms with Crippen molar-refractivity contribution < 1.29 is 0 Å². The second-order valence-electron chi connectivity index (χ2n) is 5.11. The number of hydrogen-bond donors (Lipinski definition) is 1. The molecule has 0 fully saturated rings. The van der Waals surface area contributed by atoms with E-state index in [0.29, 0.717) is 18.6 Å². The van der Waals surface area contributed by atoms with Crippen LogP contribution in [0.4, 0.5) is 0 Å². The van der Waals surface area contributed by atoms with Gasteiger partial charge in [0.2, 0.25) is 0 Å². The summed E-state index contributed by atoms with van der Waals surface area (Å²) in [4.78, 5) is 2.61. The van der Waals surface area contributed by atoms with Crippen LogP contribution < -0.4 is 5.73 Å². The highest BCUT2D eigenvalue weighted by Gasteiger charge is 2.32. The van der Waals surface area contributed by atoms with Crippen molar-refractivity contribution in [2.24, 2.45) is 5.73 Å². The first-order valence-corrected chi connectivity index (χ1v) is 6.77. The van der Waals surface area contributed by atoms with E-state index in [4.69, 9.17) is 5.73 Å². The van der Waals surface area contributed by atoms with Crippen LogP contribution in [0.2, 0.25) is 0 Å². The Bertz CT molecular complexity index is 387. The molecule has 1 aliphatic rings. The molecular weight excluding hydrogens is 208 g/mol. The molecule has 0 bridgehead atoms. The average molecular weight is 232 g/mol. The fourth-order valence-electron chi connectivity index (χ4n) is 2.91. The molecule has 0 spiro atoms. The molecule has 2 heteroatoms. The van der Waals surface area contributed by atoms with Crippen molar-refractivity contribution in [2.45, 2.75) is 52.2 Å². The Morgan fingerprint density at radius 1 is 1.18 bits per heavy atom. The maximum atomic E-state index is 5.73. The van der Waals surface area contributed by atoms with Crippen LogP contribution in [0.15, 0.2) is 18.2 Å². The largest absolute Gasteiger partial charge is 0.326 e. The van der Waals surface area contributed by atoms with Gasteiger partial charge in [0.25, 0.3) is 0 Å². The minimum Gasteiger partial charge on any atom is -0.326 e. The zero-order valence-electron chi connectivity index (χ0n) is 11.2. The third kappa shape index (κ3) is 2.24. The van der Waals surface area contributed by atoms with Gasteiger partial charge in [-0.2, -0.15) is 0 Å². The lowest BCUT2D eigenvalue weighted by Crippen LogP contribution is -2.24. The molecule has 1 aromatic rings. The van der Waals surface area contributed by atoms with Gasteiger partial charge in [0.05, 0.1) is 0 Å². The van der Waals surface area contributed by atoms with E-state index in [1.807, 2.05) is 0 Å². The third-order valence-electron chi connectivity index (χ3n) is 4.05. The number of hydrogen-bond acceptors (Lipinski definition) is 2. The lowest BCUT2D eigenvalue weighted by Gasteiger charge is -2.26. The third-order valence-corrected chi connectivity index (χ3v) is 4.05. The summed E-state index contributed by atoms with van der Waals surface area (Å²) in [7, 11) is 0. The van der Waals surface area contributed by atoms with E-state index >= 15 is 0 Å². The Kier molecular flexibility index (Phi) is 3.85. The molecule has 0 radical (unpaired) electrons. The second kappa shape index (κ2) is 5.19. The van der Waals surface area contributed by atoms with E-state index in [-0.39, 0.29) is 0 Å². The topological polar surface area (TPSA) is 29.3 Å². The molecule has 0 aromatic heterocycles. The van der Waals surface area contributed by atoms with Crippen molar-refractivity contribution in [1.29, 1.82) is 0 Å². The Morgan fingerprint density at radius 2 is 1.88 bits per heavy atom. The van der Waals surface area contributed by atoms with Crippen LogP contribution in [0, 0.1) is 0 Å². The van der Waals surface area contributed by atoms with Gasteiger partial charge in [0.1, 0.15) is 0 Å². The van der Waals surface area contributed by atoms with Crippen molar-refractivity contribution >= 4 is 0 Å². The number of nitrogens with zero attached hydrogens (tertiary/aromatic N) is 1. The summed E-state index contributed by atoms with van der Waals surface area (Å²) in [5, 5.41) is 0. The molecule has 17 heavy (non-hydrogen) atoms. The lowest BCUT2D eigenvalue weighted by molar-refractivity contribution is 0.180. The molecule has 1 heterocycles. The summed E-state index contributed by atoms with van der Waals surface area (Å²) >= 11 is 0. The highest BCUT2D eigenvalue weighted by atomic mass is 15.2. The summed E-state index contributed by atoms with van der Waals surface area (Å²) in [5.74, 6) is 0. The van der Waals surface area contributed by atoms with E-state index in [2.05, 4.69) is 43.9 Å². The highest BCUT2D eigenvalue weighted by Crippen LogP contribution is 2.41. The van der Waals surface area contributed by atoms with Crippen molar-refractivity contribution in [3.05, 3.63) is 34.9 Å². The zero-order chi connectivity index (χ0) is 12.4. The first kappa shape index (κ1) is 12.6. The molecule has 2 nitrogen and oxygen atoms in total. The zero-order valence-corrected chi connectivity index (χ0v) is 11.2. The number of fused-ring (bicyclic) bond motifs is 1. The molecule has 1 aliphatic heterocycles. The molecule has 0 amide bonds. The van der Waals surface area contributed by atoms with Crippen molar-refractivity contribution in [2.75, 3.05) is 6.54 Å². The average Bonchev–Trinajstić information content (AvgIpc) is 2.59. The molecule has 0 saturated heterocycles. The van der Waals surface area contributed by atoms with Crippen LogP contribution in [-0.4, -0.2) is 11.4 Å². The maximum Gasteiger partial charge on any atom is 0.0329 e. The first-order valence-electron chi connectivity index (χ1n) is 6.77. The molecule has 2 atom stereocenters. The maximum absolute atomic E-state index is 5.73. The molecule has 1 aromatic carbocycles. The van der Waals surface area contributed by atoms with E-state index in [9.17, 15) is 0 Å². The summed E-state index contributed by atoms with van der Waals surface area (Å²) < 4.78 is 0. The Morgan fingerprint density at radius 3 is 2.53 bits per heavy atom. The van der Waals surface area contributed by atoms with E-state index in [1.54, 1.807) is 0 Å². The lowest BCUT2D eigenvalue weighted by atomic mass is 10.0. The molecular formula is C15H24N2. The van der Waals surface area contributed by atoms with Crippen LogP contribution in [0.3, 0.4) is 0 Å². The predicted molar refractivity (Wildman–Crippen MR) is 72.8 cm³/mol. The summed E-state index contributed by atoms with van der Waals surface area (Å²) in [6, 6.07) is 7.83. The van der Waals surface area contributed by atoms with Crippen LogP contribution in [0.5, 0.6) is 0 Å². The Hall–Kier alpha value is -0.860. The van der Waals surface area contributed by atoms with Gasteiger partial charge in [0.15, 0.2) is 0 Å². The molecule has 0 aliphatic carbocycles. The van der Waals surface area contributed by atoms with Crippen LogP contribution >= 0.6 is 0 Å². The van der Waals surface area contributed by atoms with Gasteiger partial charge in [-0.3, -0.25) is 4.90 Å². The molecule has 2 rings (SSSR count). The van der Waals surface area contributed by atoms with Crippen LogP contribution in [0.1, 0.15) is 62.4 Å². The molecule has 2 N–H and O–H groups in total. The number of benzene rings is 1. The van der Waals surface area contributed by atoms with Crippen molar-refractivity contribution in [1.82, 2.24) is 4.90 Å². The summed E-state index contributed by atoms with van der Waals surface area (Å²) in [6.07, 6.45) is 2.55. The Labute approximate surface area is 105 Å². The Balaban J connectivity index is 2.25. The second-order valence-corrected chi connectivity index (χ2v) is 5.11. The number of unbranched alkanes of at least 4 members (excludes halogenated alkanes) is 1. The SMILES string of the molecule is CCCCN1C(C)c2ccc(CN)cc2C1C. The summed E-state index contributed by atoms with van der Waals surface area (Å²) in [5.41, 5.74) is 9.95. The standard InChI is InChI=1S/C15H24N2/c1-4-5-8-17-11(2)14-7-6-13(10-16)9-15(14)12(17)3/h6-7,9,11-12H,4-5,8,10,16H2,1-3H3. The van der Waals surface area contributed by atoms with Crippen LogP contribution in [-0.2, 0) is 6.54 Å². The number of rotatable bonds is 4. The highest BCUT2D eigenvalue weighted by molar-refractivity contribution is 5.39. The van der Waals surface area contributed by atoms with Gasteiger partial charge >= 0.3 is 0 Å². The van der Waals surface area contributed by atoms with Gasteiger partial charge in [-0.15, -0.1) is 0 Å². The van der Waals surface area contributed by atoms with Gasteiger partial charge in [0, 0.05) is 18.6 Å². The van der Waals surface area contributed by atoms with Gasteiger partial charge in [-0.1, -0.05) is 31.5 Å². The smallest absolute Gasteiger partial charge is 0.0329 e. The monoisotopic (exact) mass is 232 g/mol. The van der Waals surface area contributed by atoms with Crippen molar-refractivity contribution in [3.63, 3.8) is 0 Å². The fourth-order valence-corrected chi connectivity index (χ4v) is 2.91. The van der Waals surface area contributed by atoms with Gasteiger partial charge in [-0.05, 0) is 43.5 Å². The first-order chi connectivity index (χ1) is 8.19. The van der Waals surface area contributed by atoms with Crippen molar-refractivity contribution in [3.8, 4) is 0 Å². The predicted octanol–water partition coefficient (Wildman–Crippen LogP) is 3.38. The molecule has 2 unspecified atom stereocenters. The quantitative estimate of drug-likeness (QED) is 0.862. The van der Waals surface area contributed by atoms with Crippen LogP contribution in [0.25, 0.3) is 0 Å². The summed E-state index contributed by atoms with van der Waals surface area (Å²) in [6.45, 7) is 8.73. The van der Waals surface area contributed by atoms with E-state index < -0.39 is 0 Å². The van der Waals surface area contributed by atoms with Gasteiger partial charge < -0.3 is 5.73 Å². The minimum absolute atomic E-state index is 0.540. The van der Waals surface area contributed by atoms with Gasteiger partial charge in [-0.25, -0.2) is 0 Å². The fraction of sp³-hybridized carbons (Fsp3) is 0.600. The minimum atomic E-state index is 0.540. The van der Waals surface area contributed by atoms with E-state index in [0.717, 1.165) is 0 Å². The normalized spacial score (nSPS) is 24.0. The molecule has 94 valence electrons.